The molecule has 166 valence electrons. The summed E-state index contributed by atoms with van der Waals surface area (Å²) in [6.07, 6.45) is 4.42. The first-order chi connectivity index (χ1) is 15.5. The van der Waals surface area contributed by atoms with Crippen LogP contribution < -0.4 is 0 Å². The standard InChI is InChI=1S/C25H28BNO5/c1-26(16-15-20-9-4-2-5-10-20)31-24(28)17-27(18-25(29)32-26)22-13-8-14-23(22)30-19-21-11-6-3-7-12-21/h2-7,9-12,15-16,22-23H,1,8,13-14,17-19H2/b16-15+/t22-,23-/m1/s1. The van der Waals surface area contributed by atoms with Gasteiger partial charge in [0.15, 0.2) is 0 Å². The Morgan fingerprint density at radius 1 is 0.969 bits per heavy atom. The Labute approximate surface area is 189 Å². The highest BCUT2D eigenvalue weighted by Crippen LogP contribution is 2.29. The lowest BCUT2D eigenvalue weighted by Crippen LogP contribution is -2.54. The minimum absolute atomic E-state index is 0.00314. The van der Waals surface area contributed by atoms with E-state index < -0.39 is 18.5 Å². The lowest BCUT2D eigenvalue weighted by atomic mass is 9.59. The van der Waals surface area contributed by atoms with Crippen LogP contribution in [0.2, 0.25) is 0 Å². The molecule has 0 bridgehead atoms. The van der Waals surface area contributed by atoms with Gasteiger partial charge in [-0.15, -0.1) is 5.98 Å². The molecule has 1 aliphatic heterocycles. The van der Waals surface area contributed by atoms with Gasteiger partial charge in [0.1, 0.15) is 0 Å². The molecule has 32 heavy (non-hydrogen) atoms. The van der Waals surface area contributed by atoms with E-state index in [0.29, 0.717) is 6.61 Å². The average molecular weight is 433 g/mol. The number of rotatable bonds is 6. The zero-order valence-electron chi connectivity index (χ0n) is 18.1. The first-order valence-corrected chi connectivity index (χ1v) is 11.1. The molecule has 1 aliphatic carbocycles. The van der Waals surface area contributed by atoms with E-state index in [1.54, 1.807) is 12.1 Å². The van der Waals surface area contributed by atoms with Gasteiger partial charge in [-0.3, -0.25) is 14.5 Å². The van der Waals surface area contributed by atoms with E-state index in [2.05, 4.69) is 6.82 Å². The molecule has 0 N–H and O–H groups in total. The van der Waals surface area contributed by atoms with E-state index in [1.165, 1.54) is 0 Å². The maximum atomic E-state index is 12.7. The third kappa shape index (κ3) is 5.81. The van der Waals surface area contributed by atoms with Gasteiger partial charge in [-0.25, -0.2) is 0 Å². The van der Waals surface area contributed by atoms with Crippen LogP contribution in [-0.4, -0.2) is 48.6 Å². The summed E-state index contributed by atoms with van der Waals surface area (Å²) >= 11 is 0. The van der Waals surface area contributed by atoms with Gasteiger partial charge < -0.3 is 14.0 Å². The summed E-state index contributed by atoms with van der Waals surface area (Å²) in [5.41, 5.74) is 2.00. The van der Waals surface area contributed by atoms with Crippen molar-refractivity contribution in [3.63, 3.8) is 0 Å². The van der Waals surface area contributed by atoms with Gasteiger partial charge >= 0.3 is 6.55 Å². The average Bonchev–Trinajstić information content (AvgIpc) is 3.25. The highest BCUT2D eigenvalue weighted by molar-refractivity contribution is 6.77. The van der Waals surface area contributed by atoms with E-state index in [-0.39, 0.29) is 25.2 Å². The van der Waals surface area contributed by atoms with Crippen LogP contribution in [0.4, 0.5) is 0 Å². The topological polar surface area (TPSA) is 65.1 Å². The Hall–Kier alpha value is -3.03. The first-order valence-electron chi connectivity index (χ1n) is 11.1. The smallest absolute Gasteiger partial charge is 0.575 e. The fourth-order valence-corrected chi connectivity index (χ4v) is 4.36. The molecule has 0 spiro atoms. The number of ether oxygens (including phenoxy) is 1. The zero-order chi connectivity index (χ0) is 22.4. The molecule has 0 amide bonds. The summed E-state index contributed by atoms with van der Waals surface area (Å²) in [5, 5.41) is 0. The molecule has 2 aromatic carbocycles. The van der Waals surface area contributed by atoms with Crippen molar-refractivity contribution in [2.45, 2.75) is 38.0 Å². The van der Waals surface area contributed by atoms with E-state index in [9.17, 15) is 9.59 Å². The molecule has 2 aliphatic rings. The summed E-state index contributed by atoms with van der Waals surface area (Å²) in [6, 6.07) is 19.4. The molecule has 4 rings (SSSR count). The zero-order valence-corrected chi connectivity index (χ0v) is 18.1. The van der Waals surface area contributed by atoms with Gasteiger partial charge in [0, 0.05) is 6.04 Å². The SMILES string of the molecule is [CH2+][B-]1(/C=C/c2ccccc2)OC(=O)CN([C@@H]2CCC[C@H]2OCc2ccccc2)CC(=O)O1. The highest BCUT2D eigenvalue weighted by atomic mass is 16.7. The molecule has 6 nitrogen and oxygen atoms in total. The Kier molecular flexibility index (Phi) is 6.97. The van der Waals surface area contributed by atoms with E-state index >= 15 is 0 Å². The lowest BCUT2D eigenvalue weighted by molar-refractivity contribution is -0.149. The molecule has 1 saturated carbocycles. The van der Waals surface area contributed by atoms with Crippen molar-refractivity contribution in [2.24, 2.45) is 0 Å². The number of hydrogen-bond acceptors (Lipinski definition) is 6. The van der Waals surface area contributed by atoms with E-state index in [1.807, 2.05) is 65.6 Å². The van der Waals surface area contributed by atoms with Crippen LogP contribution in [0.1, 0.15) is 30.4 Å². The second-order valence-electron chi connectivity index (χ2n) is 8.43. The minimum atomic E-state index is -2.44. The summed E-state index contributed by atoms with van der Waals surface area (Å²) in [4.78, 5) is 27.2. The summed E-state index contributed by atoms with van der Waals surface area (Å²) in [6.45, 7) is 1.96. The van der Waals surface area contributed by atoms with Gasteiger partial charge in [0.05, 0.1) is 25.8 Å². The Morgan fingerprint density at radius 2 is 1.59 bits per heavy atom. The van der Waals surface area contributed by atoms with Crippen LogP contribution >= 0.6 is 0 Å². The maximum absolute atomic E-state index is 12.7. The third-order valence-electron chi connectivity index (χ3n) is 5.90. The van der Waals surface area contributed by atoms with Crippen molar-refractivity contribution in [1.29, 1.82) is 0 Å². The predicted molar refractivity (Wildman–Crippen MR) is 123 cm³/mol. The van der Waals surface area contributed by atoms with Crippen molar-refractivity contribution >= 4 is 24.6 Å². The van der Waals surface area contributed by atoms with Crippen molar-refractivity contribution in [3.05, 3.63) is 84.6 Å². The molecule has 2 fully saturated rings. The van der Waals surface area contributed by atoms with Crippen molar-refractivity contribution in [2.75, 3.05) is 13.1 Å². The molecule has 1 saturated heterocycles. The number of carbonyl (C=O) groups excluding carboxylic acids is 2. The van der Waals surface area contributed by atoms with Crippen molar-refractivity contribution in [1.82, 2.24) is 4.90 Å². The molecule has 0 unspecified atom stereocenters. The van der Waals surface area contributed by atoms with E-state index in [4.69, 9.17) is 14.0 Å². The van der Waals surface area contributed by atoms with Gasteiger partial charge in [-0.1, -0.05) is 66.7 Å². The predicted octanol–water partition coefficient (Wildman–Crippen LogP) is 3.59. The summed E-state index contributed by atoms with van der Waals surface area (Å²) in [5.74, 6) is 0.639. The molecule has 2 atom stereocenters. The monoisotopic (exact) mass is 433 g/mol. The quantitative estimate of drug-likeness (QED) is 0.513. The van der Waals surface area contributed by atoms with Crippen LogP contribution in [0.25, 0.3) is 6.08 Å². The second-order valence-corrected chi connectivity index (χ2v) is 8.43. The van der Waals surface area contributed by atoms with Crippen LogP contribution in [0, 0.1) is 6.82 Å². The van der Waals surface area contributed by atoms with Gasteiger partial charge in [0.2, 0.25) is 0 Å². The van der Waals surface area contributed by atoms with Gasteiger partial charge in [-0.05, 0) is 37.2 Å². The van der Waals surface area contributed by atoms with E-state index in [0.717, 1.165) is 30.4 Å². The number of benzene rings is 2. The van der Waals surface area contributed by atoms with Crippen LogP contribution in [0.5, 0.6) is 0 Å². The largest absolute Gasteiger partial charge is 0.612 e. The Bertz CT molecular complexity index is 929. The Morgan fingerprint density at radius 3 is 2.25 bits per heavy atom. The van der Waals surface area contributed by atoms with Gasteiger partial charge in [0.25, 0.3) is 11.9 Å². The Balaban J connectivity index is 1.40. The maximum Gasteiger partial charge on any atom is 0.575 e. The minimum Gasteiger partial charge on any atom is -0.612 e. The number of hydrogen-bond donors (Lipinski definition) is 0. The molecular formula is C25H28BNO5. The second kappa shape index (κ2) is 10.1. The molecular weight excluding hydrogens is 405 g/mol. The van der Waals surface area contributed by atoms with Crippen LogP contribution in [0.15, 0.2) is 66.6 Å². The summed E-state index contributed by atoms with van der Waals surface area (Å²) < 4.78 is 17.2. The summed E-state index contributed by atoms with van der Waals surface area (Å²) in [7, 11) is 0. The molecule has 2 aromatic rings. The molecule has 7 heteroatoms. The van der Waals surface area contributed by atoms with Crippen molar-refractivity contribution in [3.8, 4) is 0 Å². The van der Waals surface area contributed by atoms with Crippen LogP contribution in [-0.2, 0) is 30.2 Å². The fourth-order valence-electron chi connectivity index (χ4n) is 4.36. The van der Waals surface area contributed by atoms with Gasteiger partial charge in [-0.2, -0.15) is 0 Å². The molecule has 0 radical (unpaired) electrons. The fraction of sp³-hybridized carbons (Fsp3) is 0.320. The number of nitrogens with zero attached hydrogens (tertiary/aromatic N) is 1. The third-order valence-corrected chi connectivity index (χ3v) is 5.90. The van der Waals surface area contributed by atoms with Crippen LogP contribution in [0.3, 0.4) is 0 Å². The number of carbonyl (C=O) groups is 2. The molecule has 0 aromatic heterocycles. The normalized spacial score (nSPS) is 24.0. The highest BCUT2D eigenvalue weighted by Gasteiger charge is 2.42. The lowest BCUT2D eigenvalue weighted by Gasteiger charge is -2.37. The molecule has 1 heterocycles. The van der Waals surface area contributed by atoms with Crippen molar-refractivity contribution < 1.29 is 23.6 Å². The first kappa shape index (κ1) is 22.2.